The van der Waals surface area contributed by atoms with Gasteiger partial charge in [-0.15, -0.1) is 0 Å². The van der Waals surface area contributed by atoms with Crippen molar-refractivity contribution in [2.45, 2.75) is 50.1 Å². The molecule has 2 rings (SSSR count). The Kier molecular flexibility index (Phi) is 5.29. The highest BCUT2D eigenvalue weighted by atomic mass is 32.2. The summed E-state index contributed by atoms with van der Waals surface area (Å²) in [5.74, 6) is -2.46. The maximum Gasteiger partial charge on any atom is 0.243 e. The summed E-state index contributed by atoms with van der Waals surface area (Å²) >= 11 is 0. The Morgan fingerprint density at radius 3 is 2.62 bits per heavy atom. The van der Waals surface area contributed by atoms with E-state index in [0.717, 1.165) is 25.3 Å². The highest BCUT2D eigenvalue weighted by Gasteiger charge is 2.24. The molecule has 0 radical (unpaired) electrons. The zero-order valence-electron chi connectivity index (χ0n) is 12.0. The van der Waals surface area contributed by atoms with Gasteiger partial charge in [0.15, 0.2) is 11.6 Å². The number of nitrogens with one attached hydrogen (secondary N) is 2. The summed E-state index contributed by atoms with van der Waals surface area (Å²) in [7, 11) is -4.02. The molecule has 1 fully saturated rings. The molecule has 1 aromatic carbocycles. The van der Waals surface area contributed by atoms with Crippen LogP contribution in [0.25, 0.3) is 0 Å². The molecule has 2 N–H and O–H groups in total. The highest BCUT2D eigenvalue weighted by molar-refractivity contribution is 7.89. The van der Waals surface area contributed by atoms with E-state index in [4.69, 9.17) is 0 Å². The summed E-state index contributed by atoms with van der Waals surface area (Å²) < 4.78 is 53.8. The second kappa shape index (κ2) is 6.81. The Hall–Kier alpha value is -1.05. The van der Waals surface area contributed by atoms with Gasteiger partial charge in [-0.25, -0.2) is 21.9 Å². The third-order valence-corrected chi connectivity index (χ3v) is 4.80. The molecule has 4 nitrogen and oxygen atoms in total. The minimum atomic E-state index is -4.02. The van der Waals surface area contributed by atoms with Crippen LogP contribution >= 0.6 is 0 Å². The van der Waals surface area contributed by atoms with E-state index in [1.165, 1.54) is 6.07 Å². The first kappa shape index (κ1) is 16.3. The van der Waals surface area contributed by atoms with Crippen LogP contribution in [0.5, 0.6) is 0 Å². The summed E-state index contributed by atoms with van der Waals surface area (Å²) in [6.07, 6.45) is 3.58. The molecular formula is C14H20F2N2O2S. The van der Waals surface area contributed by atoms with Gasteiger partial charge in [-0.05, 0) is 37.0 Å². The van der Waals surface area contributed by atoms with E-state index >= 15 is 0 Å². The molecule has 1 aliphatic rings. The Balaban J connectivity index is 2.19. The van der Waals surface area contributed by atoms with Crippen molar-refractivity contribution in [1.29, 1.82) is 0 Å². The molecular weight excluding hydrogens is 298 g/mol. The van der Waals surface area contributed by atoms with Crippen LogP contribution in [-0.4, -0.2) is 21.0 Å². The van der Waals surface area contributed by atoms with Gasteiger partial charge in [0, 0.05) is 19.1 Å². The summed E-state index contributed by atoms with van der Waals surface area (Å²) in [6, 6.07) is 2.64. The molecule has 0 spiro atoms. The van der Waals surface area contributed by atoms with Gasteiger partial charge in [0.2, 0.25) is 10.0 Å². The lowest BCUT2D eigenvalue weighted by molar-refractivity contribution is 0.480. The van der Waals surface area contributed by atoms with Crippen LogP contribution in [0.15, 0.2) is 17.0 Å². The molecule has 7 heteroatoms. The van der Waals surface area contributed by atoms with E-state index in [-0.39, 0.29) is 6.54 Å². The summed E-state index contributed by atoms with van der Waals surface area (Å²) in [6.45, 7) is 2.46. The van der Waals surface area contributed by atoms with Crippen molar-refractivity contribution in [3.63, 3.8) is 0 Å². The topological polar surface area (TPSA) is 58.2 Å². The quantitative estimate of drug-likeness (QED) is 0.723. The lowest BCUT2D eigenvalue weighted by Crippen LogP contribution is -2.26. The molecule has 0 aliphatic heterocycles. The predicted molar refractivity (Wildman–Crippen MR) is 76.3 cm³/mol. The van der Waals surface area contributed by atoms with Crippen molar-refractivity contribution < 1.29 is 17.2 Å². The Bertz CT molecular complexity index is 601. The zero-order valence-corrected chi connectivity index (χ0v) is 12.8. The minimum absolute atomic E-state index is 0.213. The maximum atomic E-state index is 13.8. The first-order chi connectivity index (χ1) is 9.94. The number of rotatable bonds is 8. The molecule has 0 bridgehead atoms. The lowest BCUT2D eigenvalue weighted by Gasteiger charge is -2.10. The fraction of sp³-hybridized carbons (Fsp3) is 0.571. The SMILES string of the molecule is CCCCNS(=O)(=O)c1cc(CNC2CC2)cc(F)c1F. The average molecular weight is 318 g/mol. The molecule has 0 aromatic heterocycles. The Morgan fingerprint density at radius 2 is 2.00 bits per heavy atom. The molecule has 1 aromatic rings. The van der Waals surface area contributed by atoms with Crippen LogP contribution in [0.2, 0.25) is 0 Å². The molecule has 0 saturated heterocycles. The Labute approximate surface area is 124 Å². The van der Waals surface area contributed by atoms with Crippen LogP contribution in [0.1, 0.15) is 38.2 Å². The largest absolute Gasteiger partial charge is 0.310 e. The van der Waals surface area contributed by atoms with Crippen molar-refractivity contribution in [1.82, 2.24) is 10.0 Å². The molecule has 21 heavy (non-hydrogen) atoms. The van der Waals surface area contributed by atoms with Crippen LogP contribution in [-0.2, 0) is 16.6 Å². The van der Waals surface area contributed by atoms with E-state index in [0.29, 0.717) is 24.6 Å². The highest BCUT2D eigenvalue weighted by Crippen LogP contribution is 2.22. The molecule has 0 atom stereocenters. The lowest BCUT2D eigenvalue weighted by atomic mass is 10.2. The first-order valence-electron chi connectivity index (χ1n) is 7.15. The van der Waals surface area contributed by atoms with Gasteiger partial charge in [0.25, 0.3) is 0 Å². The molecule has 1 aliphatic carbocycles. The van der Waals surface area contributed by atoms with E-state index in [1.807, 2.05) is 6.92 Å². The van der Waals surface area contributed by atoms with Gasteiger partial charge in [0.1, 0.15) is 4.90 Å². The van der Waals surface area contributed by atoms with E-state index in [9.17, 15) is 17.2 Å². The standard InChI is InChI=1S/C14H20F2N2O2S/c1-2-3-6-18-21(19,20)13-8-10(7-12(15)14(13)16)9-17-11-4-5-11/h7-8,11,17-18H,2-6,9H2,1H3. The Morgan fingerprint density at radius 1 is 1.29 bits per heavy atom. The van der Waals surface area contributed by atoms with Crippen LogP contribution in [0, 0.1) is 11.6 Å². The van der Waals surface area contributed by atoms with Crippen molar-refractivity contribution >= 4 is 10.0 Å². The average Bonchev–Trinajstić information content (AvgIpc) is 3.24. The minimum Gasteiger partial charge on any atom is -0.310 e. The molecule has 0 heterocycles. The van der Waals surface area contributed by atoms with Gasteiger partial charge in [-0.1, -0.05) is 13.3 Å². The van der Waals surface area contributed by atoms with Crippen molar-refractivity contribution in [3.8, 4) is 0 Å². The van der Waals surface area contributed by atoms with Crippen LogP contribution in [0.3, 0.4) is 0 Å². The number of sulfonamides is 1. The normalized spacial score (nSPS) is 15.4. The zero-order chi connectivity index (χ0) is 15.5. The first-order valence-corrected chi connectivity index (χ1v) is 8.63. The third-order valence-electron chi connectivity index (χ3n) is 3.34. The van der Waals surface area contributed by atoms with Crippen molar-refractivity contribution in [2.75, 3.05) is 6.54 Å². The fourth-order valence-corrected chi connectivity index (χ4v) is 3.13. The molecule has 1 saturated carbocycles. The number of unbranched alkanes of at least 4 members (excludes halogenated alkanes) is 1. The fourth-order valence-electron chi connectivity index (χ4n) is 1.93. The van der Waals surface area contributed by atoms with Crippen LogP contribution < -0.4 is 10.0 Å². The van der Waals surface area contributed by atoms with Crippen LogP contribution in [0.4, 0.5) is 8.78 Å². The van der Waals surface area contributed by atoms with Crippen molar-refractivity contribution in [2.24, 2.45) is 0 Å². The summed E-state index contributed by atoms with van der Waals surface area (Å²) in [4.78, 5) is -0.619. The van der Waals surface area contributed by atoms with Gasteiger partial charge >= 0.3 is 0 Å². The van der Waals surface area contributed by atoms with E-state index in [1.54, 1.807) is 0 Å². The van der Waals surface area contributed by atoms with E-state index < -0.39 is 26.6 Å². The van der Waals surface area contributed by atoms with Gasteiger partial charge in [-0.2, -0.15) is 0 Å². The predicted octanol–water partition coefficient (Wildman–Crippen LogP) is 2.30. The molecule has 0 unspecified atom stereocenters. The maximum absolute atomic E-state index is 13.8. The molecule has 0 amide bonds. The second-order valence-electron chi connectivity index (χ2n) is 5.30. The monoisotopic (exact) mass is 318 g/mol. The van der Waals surface area contributed by atoms with Gasteiger partial charge in [0.05, 0.1) is 0 Å². The number of halogens is 2. The van der Waals surface area contributed by atoms with Gasteiger partial charge < -0.3 is 5.32 Å². The number of benzene rings is 1. The van der Waals surface area contributed by atoms with Crippen molar-refractivity contribution in [3.05, 3.63) is 29.3 Å². The number of hydrogen-bond donors (Lipinski definition) is 2. The van der Waals surface area contributed by atoms with E-state index in [2.05, 4.69) is 10.0 Å². The summed E-state index contributed by atoms with van der Waals surface area (Å²) in [5.41, 5.74) is 0.427. The third kappa shape index (κ3) is 4.46. The molecule has 118 valence electrons. The second-order valence-corrected chi connectivity index (χ2v) is 7.03. The van der Waals surface area contributed by atoms with Gasteiger partial charge in [-0.3, -0.25) is 0 Å². The smallest absolute Gasteiger partial charge is 0.243 e. The number of hydrogen-bond acceptors (Lipinski definition) is 3. The summed E-state index contributed by atoms with van der Waals surface area (Å²) in [5, 5.41) is 3.15.